The average molecular weight is 510 g/mol. The Morgan fingerprint density at radius 2 is 1.94 bits per heavy atom. The lowest BCUT2D eigenvalue weighted by Gasteiger charge is -2.24. The lowest BCUT2D eigenvalue weighted by molar-refractivity contribution is -0.151. The number of hydrogen-bond acceptors (Lipinski definition) is 9. The van der Waals surface area contributed by atoms with Crippen LogP contribution in [-0.2, 0) is 23.4 Å². The molecule has 0 spiro atoms. The summed E-state index contributed by atoms with van der Waals surface area (Å²) >= 11 is 0. The quantitative estimate of drug-likeness (QED) is 0.363. The van der Waals surface area contributed by atoms with E-state index in [-0.39, 0.29) is 25.3 Å². The fraction of sp³-hybridized carbons (Fsp3) is 0.522. The minimum atomic E-state index is -3.90. The number of para-hydroxylation sites is 1. The zero-order chi connectivity index (χ0) is 25.8. The summed E-state index contributed by atoms with van der Waals surface area (Å²) in [5.41, 5.74) is -0.867. The number of rotatable bonds is 10. The van der Waals surface area contributed by atoms with Gasteiger partial charge in [0.1, 0.15) is 18.1 Å². The number of aliphatic hydroxyl groups excluding tert-OH is 1. The van der Waals surface area contributed by atoms with E-state index in [1.54, 1.807) is 58.0 Å². The number of aromatic amines is 1. The molecule has 1 unspecified atom stereocenters. The zero-order valence-electron chi connectivity index (χ0n) is 20.1. The van der Waals surface area contributed by atoms with Crippen molar-refractivity contribution in [3.8, 4) is 5.75 Å². The highest BCUT2D eigenvalue weighted by molar-refractivity contribution is 7.54. The monoisotopic (exact) mass is 510 g/mol. The molecule has 2 aromatic rings. The summed E-state index contributed by atoms with van der Waals surface area (Å²) in [6, 6.07) is 8.39. The van der Waals surface area contributed by atoms with Crippen LogP contribution in [0.1, 0.15) is 39.0 Å². The fourth-order valence-corrected chi connectivity index (χ4v) is 5.41. The first-order valence-electron chi connectivity index (χ1n) is 11.3. The number of nitrogens with zero attached hydrogens (tertiary/aromatic N) is 1. The van der Waals surface area contributed by atoms with Gasteiger partial charge in [0, 0.05) is 18.2 Å². The van der Waals surface area contributed by atoms with E-state index in [1.165, 1.54) is 10.8 Å². The molecular formula is C23H31N2O9P. The van der Waals surface area contributed by atoms with Crippen LogP contribution in [0.4, 0.5) is 0 Å². The van der Waals surface area contributed by atoms with Gasteiger partial charge in [0.25, 0.3) is 5.56 Å². The van der Waals surface area contributed by atoms with Gasteiger partial charge in [0.2, 0.25) is 0 Å². The second-order valence-electron chi connectivity index (χ2n) is 8.79. The number of H-pyrrole nitrogens is 1. The number of ether oxygens (including phenoxy) is 2. The number of benzene rings is 1. The molecule has 0 radical (unpaired) electrons. The molecule has 1 aromatic heterocycles. The first kappa shape index (κ1) is 26.9. The van der Waals surface area contributed by atoms with Crippen LogP contribution in [0.2, 0.25) is 0 Å². The van der Waals surface area contributed by atoms with E-state index in [1.807, 2.05) is 0 Å². The van der Waals surface area contributed by atoms with E-state index < -0.39 is 49.2 Å². The molecule has 5 atom stereocenters. The van der Waals surface area contributed by atoms with Crippen LogP contribution in [0.15, 0.2) is 46.1 Å². The van der Waals surface area contributed by atoms with Gasteiger partial charge in [-0.1, -0.05) is 25.1 Å². The summed E-state index contributed by atoms with van der Waals surface area (Å²) in [5.74, 6) is -1.02. The number of carbonyl (C=O) groups excluding carboxylic acids is 1. The summed E-state index contributed by atoms with van der Waals surface area (Å²) in [6.45, 7) is 6.22. The molecule has 1 fully saturated rings. The maximum atomic E-state index is 13.7. The maximum Gasteiger partial charge on any atom is 0.380 e. The third-order valence-corrected chi connectivity index (χ3v) is 7.36. The van der Waals surface area contributed by atoms with Crippen molar-refractivity contribution in [2.75, 3.05) is 12.8 Å². The van der Waals surface area contributed by atoms with E-state index in [9.17, 15) is 24.1 Å². The first-order chi connectivity index (χ1) is 16.5. The Kier molecular flexibility index (Phi) is 8.71. The molecule has 2 N–H and O–H groups in total. The summed E-state index contributed by atoms with van der Waals surface area (Å²) in [6.07, 6.45) is -1.99. The minimum absolute atomic E-state index is 0.0559. The Morgan fingerprint density at radius 3 is 2.60 bits per heavy atom. The van der Waals surface area contributed by atoms with Crippen molar-refractivity contribution in [3.63, 3.8) is 0 Å². The Balaban J connectivity index is 1.73. The van der Waals surface area contributed by atoms with Gasteiger partial charge in [0.05, 0.1) is 30.9 Å². The lowest BCUT2D eigenvalue weighted by Crippen LogP contribution is -2.33. The van der Waals surface area contributed by atoms with Crippen molar-refractivity contribution >= 4 is 13.6 Å². The molecule has 1 aliphatic rings. The summed E-state index contributed by atoms with van der Waals surface area (Å²) < 4.78 is 37.2. The van der Waals surface area contributed by atoms with Crippen molar-refractivity contribution in [1.29, 1.82) is 0 Å². The van der Waals surface area contributed by atoms with Crippen LogP contribution in [0.3, 0.4) is 0 Å². The van der Waals surface area contributed by atoms with Gasteiger partial charge in [-0.3, -0.25) is 23.7 Å². The second-order valence-corrected chi connectivity index (χ2v) is 10.8. The van der Waals surface area contributed by atoms with Crippen LogP contribution >= 0.6 is 7.60 Å². The normalized spacial score (nSPS) is 22.5. The Labute approximate surface area is 202 Å². The minimum Gasteiger partial charge on any atom is -0.463 e. The molecule has 192 valence electrons. The van der Waals surface area contributed by atoms with E-state index in [4.69, 9.17) is 18.5 Å². The molecule has 35 heavy (non-hydrogen) atoms. The van der Waals surface area contributed by atoms with Crippen molar-refractivity contribution in [3.05, 3.63) is 62.9 Å². The molecule has 0 aliphatic carbocycles. The van der Waals surface area contributed by atoms with Gasteiger partial charge >= 0.3 is 19.3 Å². The van der Waals surface area contributed by atoms with Gasteiger partial charge in [-0.05, 0) is 32.9 Å². The lowest BCUT2D eigenvalue weighted by atomic mass is 10.2. The molecule has 3 rings (SSSR count). The van der Waals surface area contributed by atoms with Crippen LogP contribution in [-0.4, -0.2) is 51.7 Å². The summed E-state index contributed by atoms with van der Waals surface area (Å²) in [4.78, 5) is 38.3. The van der Waals surface area contributed by atoms with E-state index in [0.29, 0.717) is 11.3 Å². The number of nitrogens with one attached hydrogen (secondary N) is 1. The molecule has 1 aliphatic heterocycles. The standard InChI is InChI=1S/C23H31N2O9P/c1-14(2)32-22(28)16(4)13-35(30,34-17-8-6-5-7-9-17)31-12-19-18(26)10-20(33-19)25-11-15(3)21(27)24-23(25)29/h5-9,11,14,16,18-20,26H,10,12-13H2,1-4H3,(H,24,27,29)/t16-,18-,19+,20+,35?/m1/s1. The number of hydrogen-bond donors (Lipinski definition) is 2. The van der Waals surface area contributed by atoms with Crippen molar-refractivity contribution < 1.29 is 33.0 Å². The highest BCUT2D eigenvalue weighted by Gasteiger charge is 2.39. The fourth-order valence-electron chi connectivity index (χ4n) is 3.54. The highest BCUT2D eigenvalue weighted by Crippen LogP contribution is 2.50. The number of aliphatic hydroxyl groups is 1. The molecule has 2 heterocycles. The molecule has 11 nitrogen and oxygen atoms in total. The van der Waals surface area contributed by atoms with Crippen LogP contribution in [0.25, 0.3) is 0 Å². The maximum absolute atomic E-state index is 13.7. The predicted molar refractivity (Wildman–Crippen MR) is 126 cm³/mol. The number of aryl methyl sites for hydroxylation is 1. The third-order valence-electron chi connectivity index (χ3n) is 5.34. The summed E-state index contributed by atoms with van der Waals surface area (Å²) in [5, 5.41) is 10.5. The van der Waals surface area contributed by atoms with Crippen molar-refractivity contribution in [2.45, 2.75) is 58.7 Å². The van der Waals surface area contributed by atoms with E-state index in [0.717, 1.165) is 0 Å². The van der Waals surface area contributed by atoms with Gasteiger partial charge in [-0.2, -0.15) is 0 Å². The summed E-state index contributed by atoms with van der Waals surface area (Å²) in [7, 11) is -3.90. The Morgan fingerprint density at radius 1 is 1.26 bits per heavy atom. The molecular weight excluding hydrogens is 479 g/mol. The van der Waals surface area contributed by atoms with Crippen molar-refractivity contribution in [2.24, 2.45) is 5.92 Å². The molecule has 12 heteroatoms. The average Bonchev–Trinajstić information content (AvgIpc) is 3.15. The highest BCUT2D eigenvalue weighted by atomic mass is 31.2. The third kappa shape index (κ3) is 7.14. The molecule has 0 bridgehead atoms. The van der Waals surface area contributed by atoms with Gasteiger partial charge in [-0.25, -0.2) is 9.36 Å². The number of carbonyl (C=O) groups is 1. The number of esters is 1. The van der Waals surface area contributed by atoms with Crippen LogP contribution in [0.5, 0.6) is 5.75 Å². The van der Waals surface area contributed by atoms with Gasteiger partial charge in [-0.15, -0.1) is 0 Å². The SMILES string of the molecule is Cc1cn([C@@H]2C[C@@H](O)[C@H](COP(=O)(C[C@@H](C)C(=O)OC(C)C)Oc3ccccc3)O2)c(=O)[nH]c1=O. The molecule has 0 saturated carbocycles. The second kappa shape index (κ2) is 11.3. The molecule has 1 aromatic carbocycles. The van der Waals surface area contributed by atoms with Crippen molar-refractivity contribution in [1.82, 2.24) is 9.55 Å². The zero-order valence-corrected chi connectivity index (χ0v) is 21.0. The number of aromatic nitrogens is 2. The van der Waals surface area contributed by atoms with Crippen LogP contribution < -0.4 is 15.8 Å². The van der Waals surface area contributed by atoms with E-state index >= 15 is 0 Å². The topological polar surface area (TPSA) is 146 Å². The first-order valence-corrected chi connectivity index (χ1v) is 13.0. The molecule has 1 saturated heterocycles. The Bertz CT molecular complexity index is 1180. The predicted octanol–water partition coefficient (Wildman–Crippen LogP) is 2.37. The Hall–Kier alpha value is -2.72. The van der Waals surface area contributed by atoms with Crippen LogP contribution in [0, 0.1) is 12.8 Å². The molecule has 0 amide bonds. The van der Waals surface area contributed by atoms with Gasteiger partial charge in [0.15, 0.2) is 0 Å². The van der Waals surface area contributed by atoms with Gasteiger partial charge < -0.3 is 19.1 Å². The largest absolute Gasteiger partial charge is 0.463 e. The van der Waals surface area contributed by atoms with E-state index in [2.05, 4.69) is 4.98 Å². The smallest absolute Gasteiger partial charge is 0.380 e.